The Hall–Kier alpha value is -0.530. The van der Waals surface area contributed by atoms with Crippen LogP contribution in [0.2, 0.25) is 0 Å². The number of hydrogen-bond acceptors (Lipinski definition) is 1. The van der Waals surface area contributed by atoms with Crippen LogP contribution in [0.1, 0.15) is 73.6 Å². The van der Waals surface area contributed by atoms with E-state index in [2.05, 4.69) is 46.9 Å². The van der Waals surface area contributed by atoms with Gasteiger partial charge in [0.05, 0.1) is 0 Å². The Kier molecular flexibility index (Phi) is 4.85. The first-order chi connectivity index (χ1) is 8.15. The lowest BCUT2D eigenvalue weighted by Gasteiger charge is -2.34. The van der Waals surface area contributed by atoms with E-state index in [1.807, 2.05) is 0 Å². The fraction of sp³-hybridized carbons (Fsp3) is 0.938. The number of carbonyl (C=O) groups excluding carboxylic acids is 1. The van der Waals surface area contributed by atoms with E-state index in [9.17, 15) is 4.79 Å². The van der Waals surface area contributed by atoms with Gasteiger partial charge >= 0.3 is 0 Å². The Morgan fingerprint density at radius 3 is 2.17 bits per heavy atom. The minimum absolute atomic E-state index is 0.0583. The van der Waals surface area contributed by atoms with Crippen LogP contribution in [0.15, 0.2) is 0 Å². The van der Waals surface area contributed by atoms with Gasteiger partial charge in [-0.1, -0.05) is 40.5 Å². The fourth-order valence-corrected chi connectivity index (χ4v) is 2.28. The highest BCUT2D eigenvalue weighted by Crippen LogP contribution is 2.38. The Bertz CT molecular complexity index is 284. The third kappa shape index (κ3) is 4.99. The van der Waals surface area contributed by atoms with Crippen molar-refractivity contribution in [2.45, 2.75) is 79.2 Å². The van der Waals surface area contributed by atoms with Gasteiger partial charge in [-0.15, -0.1) is 0 Å². The molecule has 18 heavy (non-hydrogen) atoms. The predicted molar refractivity (Wildman–Crippen MR) is 77.4 cm³/mol. The topological polar surface area (TPSA) is 29.1 Å². The Morgan fingerprint density at radius 2 is 1.78 bits per heavy atom. The Morgan fingerprint density at radius 1 is 1.22 bits per heavy atom. The van der Waals surface area contributed by atoms with E-state index in [1.165, 1.54) is 19.3 Å². The number of hydrogen-bond donors (Lipinski definition) is 1. The van der Waals surface area contributed by atoms with Gasteiger partial charge in [0.1, 0.15) is 0 Å². The first-order valence-corrected chi connectivity index (χ1v) is 7.48. The highest BCUT2D eigenvalue weighted by Gasteiger charge is 2.34. The van der Waals surface area contributed by atoms with Gasteiger partial charge < -0.3 is 5.32 Å². The van der Waals surface area contributed by atoms with Crippen molar-refractivity contribution in [3.05, 3.63) is 0 Å². The predicted octanol–water partition coefficient (Wildman–Crippen LogP) is 4.14. The molecule has 0 aliphatic heterocycles. The van der Waals surface area contributed by atoms with E-state index < -0.39 is 0 Å². The third-order valence-corrected chi connectivity index (χ3v) is 4.27. The second-order valence-corrected chi connectivity index (χ2v) is 7.67. The second-order valence-electron chi connectivity index (χ2n) is 7.67. The van der Waals surface area contributed by atoms with Gasteiger partial charge in [0.15, 0.2) is 0 Å². The van der Waals surface area contributed by atoms with Gasteiger partial charge in [-0.05, 0) is 44.4 Å². The Balaban J connectivity index is 2.60. The molecule has 0 aromatic carbocycles. The maximum Gasteiger partial charge on any atom is 0.224 e. The molecule has 2 nitrogen and oxygen atoms in total. The molecule has 1 amide bonds. The first-order valence-electron chi connectivity index (χ1n) is 7.48. The molecule has 0 bridgehead atoms. The summed E-state index contributed by atoms with van der Waals surface area (Å²) in [5.74, 6) is 1.29. The molecular weight excluding hydrogens is 222 g/mol. The maximum atomic E-state index is 12.5. The quantitative estimate of drug-likeness (QED) is 0.757. The second kappa shape index (κ2) is 5.63. The van der Waals surface area contributed by atoms with Gasteiger partial charge in [-0.3, -0.25) is 4.79 Å². The standard InChI is InChI=1S/C16H31NO/c1-7-16(5,6)17-14(18)13(15(2,3)4)11-10-12-8-9-12/h12-13H,7-11H2,1-6H3,(H,17,18). The van der Waals surface area contributed by atoms with Crippen LogP contribution in [0, 0.1) is 17.3 Å². The number of nitrogens with one attached hydrogen (secondary N) is 1. The smallest absolute Gasteiger partial charge is 0.224 e. The molecule has 1 aliphatic carbocycles. The van der Waals surface area contributed by atoms with Crippen LogP contribution in [0.25, 0.3) is 0 Å². The monoisotopic (exact) mass is 253 g/mol. The number of amides is 1. The zero-order valence-electron chi connectivity index (χ0n) is 13.1. The largest absolute Gasteiger partial charge is 0.351 e. The molecule has 1 saturated carbocycles. The molecule has 0 radical (unpaired) electrons. The van der Waals surface area contributed by atoms with Crippen molar-refractivity contribution in [3.63, 3.8) is 0 Å². The minimum Gasteiger partial charge on any atom is -0.351 e. The van der Waals surface area contributed by atoms with Crippen molar-refractivity contribution >= 4 is 5.91 Å². The van der Waals surface area contributed by atoms with Crippen molar-refractivity contribution in [1.82, 2.24) is 5.32 Å². The third-order valence-electron chi connectivity index (χ3n) is 4.27. The highest BCUT2D eigenvalue weighted by molar-refractivity contribution is 5.80. The van der Waals surface area contributed by atoms with Crippen LogP contribution in [-0.2, 0) is 4.79 Å². The minimum atomic E-state index is -0.0832. The zero-order valence-corrected chi connectivity index (χ0v) is 13.1. The van der Waals surface area contributed by atoms with Crippen LogP contribution in [0.4, 0.5) is 0 Å². The van der Waals surface area contributed by atoms with Gasteiger partial charge in [0, 0.05) is 11.5 Å². The number of carbonyl (C=O) groups is 1. The molecule has 2 heteroatoms. The van der Waals surface area contributed by atoms with E-state index >= 15 is 0 Å². The summed E-state index contributed by atoms with van der Waals surface area (Å²) in [6.07, 6.45) is 5.98. The van der Waals surface area contributed by atoms with Crippen molar-refractivity contribution in [3.8, 4) is 0 Å². The summed E-state index contributed by atoms with van der Waals surface area (Å²) in [4.78, 5) is 12.5. The fourth-order valence-electron chi connectivity index (χ4n) is 2.28. The van der Waals surface area contributed by atoms with Gasteiger partial charge in [0.25, 0.3) is 0 Å². The maximum absolute atomic E-state index is 12.5. The van der Waals surface area contributed by atoms with E-state index in [0.717, 1.165) is 18.8 Å². The van der Waals surface area contributed by atoms with Crippen LogP contribution in [-0.4, -0.2) is 11.4 Å². The summed E-state index contributed by atoms with van der Waals surface area (Å²) in [6.45, 7) is 12.9. The normalized spacial score (nSPS) is 18.6. The molecule has 1 unspecified atom stereocenters. The zero-order chi connectivity index (χ0) is 14.0. The molecule has 1 fully saturated rings. The van der Waals surface area contributed by atoms with Crippen LogP contribution in [0.5, 0.6) is 0 Å². The molecule has 1 rings (SSSR count). The molecule has 106 valence electrons. The lowest BCUT2D eigenvalue weighted by Crippen LogP contribution is -2.48. The molecule has 1 N–H and O–H groups in total. The van der Waals surface area contributed by atoms with Crippen LogP contribution < -0.4 is 5.32 Å². The molecular formula is C16H31NO. The summed E-state index contributed by atoms with van der Waals surface area (Å²) in [5, 5.41) is 3.22. The average molecular weight is 253 g/mol. The Labute approximate surface area is 113 Å². The summed E-state index contributed by atoms with van der Waals surface area (Å²) in [7, 11) is 0. The molecule has 0 saturated heterocycles. The molecule has 1 atom stereocenters. The summed E-state index contributed by atoms with van der Waals surface area (Å²) >= 11 is 0. The SMILES string of the molecule is CCC(C)(C)NC(=O)C(CCC1CC1)C(C)(C)C. The average Bonchev–Trinajstić information content (AvgIpc) is 2.99. The molecule has 0 aromatic heterocycles. The molecule has 0 heterocycles. The van der Waals surface area contributed by atoms with Gasteiger partial charge in [0.2, 0.25) is 5.91 Å². The van der Waals surface area contributed by atoms with E-state index in [-0.39, 0.29) is 22.8 Å². The van der Waals surface area contributed by atoms with E-state index in [0.29, 0.717) is 0 Å². The first kappa shape index (κ1) is 15.5. The molecule has 1 aliphatic rings. The van der Waals surface area contributed by atoms with Crippen molar-refractivity contribution in [2.75, 3.05) is 0 Å². The van der Waals surface area contributed by atoms with Crippen LogP contribution >= 0.6 is 0 Å². The summed E-state index contributed by atoms with van der Waals surface area (Å²) < 4.78 is 0. The van der Waals surface area contributed by atoms with Crippen molar-refractivity contribution in [2.24, 2.45) is 17.3 Å². The van der Waals surface area contributed by atoms with Gasteiger partial charge in [-0.2, -0.15) is 0 Å². The van der Waals surface area contributed by atoms with Crippen molar-refractivity contribution < 1.29 is 4.79 Å². The number of rotatable bonds is 6. The summed E-state index contributed by atoms with van der Waals surface area (Å²) in [5.41, 5.74) is -0.0248. The molecule has 0 aromatic rings. The van der Waals surface area contributed by atoms with Crippen molar-refractivity contribution in [1.29, 1.82) is 0 Å². The van der Waals surface area contributed by atoms with Crippen LogP contribution in [0.3, 0.4) is 0 Å². The highest BCUT2D eigenvalue weighted by atomic mass is 16.2. The summed E-state index contributed by atoms with van der Waals surface area (Å²) in [6, 6.07) is 0. The molecule has 0 spiro atoms. The van der Waals surface area contributed by atoms with Gasteiger partial charge in [-0.25, -0.2) is 0 Å². The van der Waals surface area contributed by atoms with E-state index in [4.69, 9.17) is 0 Å². The lowest BCUT2D eigenvalue weighted by molar-refractivity contribution is -0.130. The lowest BCUT2D eigenvalue weighted by atomic mass is 9.76. The van der Waals surface area contributed by atoms with E-state index in [1.54, 1.807) is 0 Å².